The van der Waals surface area contributed by atoms with Crippen LogP contribution in [0.3, 0.4) is 0 Å². The fourth-order valence-electron chi connectivity index (χ4n) is 4.32. The van der Waals surface area contributed by atoms with Gasteiger partial charge in [0.1, 0.15) is 0 Å². The van der Waals surface area contributed by atoms with E-state index in [9.17, 15) is 4.79 Å². The molecule has 0 radical (unpaired) electrons. The summed E-state index contributed by atoms with van der Waals surface area (Å²) in [5.41, 5.74) is 9.43. The molecule has 28 heavy (non-hydrogen) atoms. The number of amides is 1. The maximum atomic E-state index is 12.2. The van der Waals surface area contributed by atoms with Crippen LogP contribution in [0.2, 0.25) is 0 Å². The average Bonchev–Trinajstić information content (AvgIpc) is 2.62. The molecule has 4 heteroatoms. The van der Waals surface area contributed by atoms with E-state index in [0.717, 1.165) is 29.7 Å². The van der Waals surface area contributed by atoms with Crippen LogP contribution in [-0.4, -0.2) is 24.2 Å². The summed E-state index contributed by atoms with van der Waals surface area (Å²) in [5.74, 6) is 0.293. The summed E-state index contributed by atoms with van der Waals surface area (Å²) in [6.07, 6.45) is 2.88. The monoisotopic (exact) mass is 377 g/mol. The predicted molar refractivity (Wildman–Crippen MR) is 118 cm³/mol. The van der Waals surface area contributed by atoms with Crippen LogP contribution in [-0.2, 0) is 0 Å². The van der Waals surface area contributed by atoms with E-state index in [1.807, 2.05) is 31.2 Å². The van der Waals surface area contributed by atoms with Gasteiger partial charge in [-0.2, -0.15) is 5.10 Å². The summed E-state index contributed by atoms with van der Waals surface area (Å²) in [6.45, 7) is 14.2. The van der Waals surface area contributed by atoms with Crippen LogP contribution in [0.4, 0.5) is 5.69 Å². The van der Waals surface area contributed by atoms with Gasteiger partial charge in [-0.3, -0.25) is 4.79 Å². The van der Waals surface area contributed by atoms with Gasteiger partial charge in [-0.15, -0.1) is 0 Å². The maximum absolute atomic E-state index is 12.2. The molecule has 0 fully saturated rings. The summed E-state index contributed by atoms with van der Waals surface area (Å²) in [6, 6.07) is 12.0. The van der Waals surface area contributed by atoms with Crippen molar-refractivity contribution in [1.82, 2.24) is 5.43 Å². The summed E-state index contributed by atoms with van der Waals surface area (Å²) < 4.78 is 0. The number of rotatable bonds is 4. The lowest BCUT2D eigenvalue weighted by Crippen LogP contribution is -2.48. The molecular formula is C24H31N3O. The van der Waals surface area contributed by atoms with Crippen molar-refractivity contribution in [3.63, 3.8) is 0 Å². The number of nitrogens with one attached hydrogen (secondary N) is 1. The molecule has 0 unspecified atom stereocenters. The number of hydrogen-bond acceptors (Lipinski definition) is 3. The van der Waals surface area contributed by atoms with Gasteiger partial charge in [-0.1, -0.05) is 24.6 Å². The predicted octanol–water partition coefficient (Wildman–Crippen LogP) is 5.18. The van der Waals surface area contributed by atoms with Crippen LogP contribution in [0.25, 0.3) is 0 Å². The molecule has 0 aliphatic carbocycles. The zero-order valence-corrected chi connectivity index (χ0v) is 17.8. The molecule has 4 nitrogen and oxygen atoms in total. The molecule has 0 saturated heterocycles. The number of hydrazone groups is 1. The van der Waals surface area contributed by atoms with Gasteiger partial charge in [0.2, 0.25) is 0 Å². The number of aryl methyl sites for hydroxylation is 2. The molecule has 1 amide bonds. The lowest BCUT2D eigenvalue weighted by molar-refractivity contribution is 0.0955. The van der Waals surface area contributed by atoms with Gasteiger partial charge >= 0.3 is 0 Å². The Balaban J connectivity index is 1.82. The topological polar surface area (TPSA) is 44.7 Å². The second kappa shape index (κ2) is 7.78. The van der Waals surface area contributed by atoms with Gasteiger partial charge in [0.15, 0.2) is 0 Å². The van der Waals surface area contributed by atoms with Crippen molar-refractivity contribution in [2.75, 3.05) is 11.4 Å². The number of carbonyl (C=O) groups excluding carboxylic acids is 1. The quantitative estimate of drug-likeness (QED) is 0.589. The Morgan fingerprint density at radius 3 is 2.57 bits per heavy atom. The Kier molecular flexibility index (Phi) is 5.59. The molecule has 0 aromatic heterocycles. The summed E-state index contributed by atoms with van der Waals surface area (Å²) in [7, 11) is 0. The van der Waals surface area contributed by atoms with Crippen LogP contribution < -0.4 is 10.3 Å². The normalized spacial score (nSPS) is 18.2. The van der Waals surface area contributed by atoms with Crippen molar-refractivity contribution < 1.29 is 4.79 Å². The minimum absolute atomic E-state index is 0.158. The van der Waals surface area contributed by atoms with E-state index in [-0.39, 0.29) is 11.4 Å². The van der Waals surface area contributed by atoms with Gasteiger partial charge in [0.05, 0.1) is 6.21 Å². The summed E-state index contributed by atoms with van der Waals surface area (Å²) >= 11 is 0. The second-order valence-electron chi connectivity index (χ2n) is 8.49. The average molecular weight is 378 g/mol. The minimum atomic E-state index is -0.195. The van der Waals surface area contributed by atoms with Crippen molar-refractivity contribution in [2.24, 2.45) is 5.10 Å². The van der Waals surface area contributed by atoms with E-state index in [1.165, 1.54) is 11.3 Å². The molecule has 1 atom stereocenters. The van der Waals surface area contributed by atoms with E-state index >= 15 is 0 Å². The van der Waals surface area contributed by atoms with E-state index in [1.54, 1.807) is 6.21 Å². The first-order valence-electron chi connectivity index (χ1n) is 10.0. The smallest absolute Gasteiger partial charge is 0.271 e. The summed E-state index contributed by atoms with van der Waals surface area (Å²) in [4.78, 5) is 14.7. The number of fused-ring (bicyclic) bond motifs is 1. The standard InChI is InChI=1S/C24H31N3O/c1-7-27-22-12-17(3)20(13-21(22)18(4)14-24(27,5)6)15-25-26-23(28)19-10-8-16(2)9-11-19/h8-13,15,18H,7,14H2,1-6H3,(H,26,28)/b25-15-/t18-/m0/s1. The van der Waals surface area contributed by atoms with Gasteiger partial charge in [0.25, 0.3) is 5.91 Å². The highest BCUT2D eigenvalue weighted by molar-refractivity contribution is 5.95. The Bertz CT molecular complexity index is 897. The number of anilines is 1. The maximum Gasteiger partial charge on any atom is 0.271 e. The second-order valence-corrected chi connectivity index (χ2v) is 8.49. The number of hydrogen-bond donors (Lipinski definition) is 1. The molecule has 1 heterocycles. The third-order valence-electron chi connectivity index (χ3n) is 5.77. The lowest BCUT2D eigenvalue weighted by Gasteiger charge is -2.47. The van der Waals surface area contributed by atoms with Gasteiger partial charge in [-0.05, 0) is 87.9 Å². The van der Waals surface area contributed by atoms with Gasteiger partial charge in [-0.25, -0.2) is 5.43 Å². The molecular weight excluding hydrogens is 346 g/mol. The van der Waals surface area contributed by atoms with Crippen LogP contribution in [0, 0.1) is 13.8 Å². The van der Waals surface area contributed by atoms with E-state index in [2.05, 4.69) is 62.2 Å². The van der Waals surface area contributed by atoms with Gasteiger partial charge in [0, 0.05) is 23.3 Å². The van der Waals surface area contributed by atoms with E-state index in [0.29, 0.717) is 11.5 Å². The van der Waals surface area contributed by atoms with Crippen LogP contribution in [0.1, 0.15) is 72.6 Å². The minimum Gasteiger partial charge on any atom is -0.366 e. The largest absolute Gasteiger partial charge is 0.366 e. The molecule has 1 N–H and O–H groups in total. The molecule has 2 aromatic carbocycles. The number of benzene rings is 2. The zero-order chi connectivity index (χ0) is 20.5. The SMILES string of the molecule is CCN1c2cc(C)c(/C=N\NC(=O)c3ccc(C)cc3)cc2[C@@H](C)CC1(C)C. The van der Waals surface area contributed by atoms with E-state index < -0.39 is 0 Å². The Morgan fingerprint density at radius 1 is 1.25 bits per heavy atom. The fraction of sp³-hybridized carbons (Fsp3) is 0.417. The number of carbonyl (C=O) groups is 1. The highest BCUT2D eigenvalue weighted by atomic mass is 16.2. The highest BCUT2D eigenvalue weighted by Gasteiger charge is 2.35. The Labute approximate surface area is 168 Å². The first-order valence-corrected chi connectivity index (χ1v) is 10.0. The Hall–Kier alpha value is -2.62. The first kappa shape index (κ1) is 20.1. The summed E-state index contributed by atoms with van der Waals surface area (Å²) in [5, 5.41) is 4.20. The molecule has 1 aliphatic rings. The third-order valence-corrected chi connectivity index (χ3v) is 5.77. The van der Waals surface area contributed by atoms with Crippen LogP contribution in [0.5, 0.6) is 0 Å². The van der Waals surface area contributed by atoms with Crippen molar-refractivity contribution in [2.45, 2.75) is 59.4 Å². The van der Waals surface area contributed by atoms with Crippen molar-refractivity contribution >= 4 is 17.8 Å². The zero-order valence-electron chi connectivity index (χ0n) is 17.8. The fourth-order valence-corrected chi connectivity index (χ4v) is 4.32. The van der Waals surface area contributed by atoms with Crippen LogP contribution in [0.15, 0.2) is 41.5 Å². The van der Waals surface area contributed by atoms with Gasteiger partial charge < -0.3 is 4.90 Å². The Morgan fingerprint density at radius 2 is 1.93 bits per heavy atom. The van der Waals surface area contributed by atoms with Crippen molar-refractivity contribution in [3.05, 3.63) is 64.2 Å². The van der Waals surface area contributed by atoms with Crippen molar-refractivity contribution in [3.8, 4) is 0 Å². The third kappa shape index (κ3) is 3.96. The molecule has 1 aliphatic heterocycles. The van der Waals surface area contributed by atoms with E-state index in [4.69, 9.17) is 0 Å². The lowest BCUT2D eigenvalue weighted by atomic mass is 9.79. The molecule has 2 aromatic rings. The molecule has 0 spiro atoms. The van der Waals surface area contributed by atoms with Crippen molar-refractivity contribution in [1.29, 1.82) is 0 Å². The molecule has 3 rings (SSSR count). The van der Waals surface area contributed by atoms with Crippen LogP contribution >= 0.6 is 0 Å². The molecule has 0 bridgehead atoms. The molecule has 148 valence electrons. The first-order chi connectivity index (χ1) is 13.2. The highest BCUT2D eigenvalue weighted by Crippen LogP contribution is 2.43. The number of nitrogens with zero attached hydrogens (tertiary/aromatic N) is 2. The molecule has 0 saturated carbocycles.